The predicted molar refractivity (Wildman–Crippen MR) is 150 cm³/mol. The summed E-state index contributed by atoms with van der Waals surface area (Å²) in [6.45, 7) is 9.20. The first-order valence-electron chi connectivity index (χ1n) is 14.2. The van der Waals surface area contributed by atoms with E-state index in [9.17, 15) is 14.7 Å². The molecule has 9 heteroatoms. The predicted octanol–water partition coefficient (Wildman–Crippen LogP) is 4.23. The van der Waals surface area contributed by atoms with E-state index in [1.54, 1.807) is 16.0 Å². The molecule has 2 amide bonds. The Kier molecular flexibility index (Phi) is 9.78. The lowest BCUT2D eigenvalue weighted by atomic mass is 10.1. The van der Waals surface area contributed by atoms with E-state index in [1.165, 1.54) is 5.56 Å². The lowest BCUT2D eigenvalue weighted by Gasteiger charge is -2.33. The quantitative estimate of drug-likeness (QED) is 0.322. The van der Waals surface area contributed by atoms with Crippen molar-refractivity contribution < 1.29 is 19.4 Å². The van der Waals surface area contributed by atoms with Crippen molar-refractivity contribution in [1.82, 2.24) is 19.4 Å². The molecule has 0 saturated carbocycles. The zero-order valence-corrected chi connectivity index (χ0v) is 24.2. The molecule has 1 aromatic carbocycles. The van der Waals surface area contributed by atoms with Gasteiger partial charge in [0.05, 0.1) is 6.04 Å². The summed E-state index contributed by atoms with van der Waals surface area (Å²) in [6.07, 6.45) is 7.74. The van der Waals surface area contributed by atoms with Gasteiger partial charge in [-0.25, -0.2) is 4.98 Å². The molecule has 3 atom stereocenters. The van der Waals surface area contributed by atoms with Gasteiger partial charge in [0, 0.05) is 46.6 Å². The molecule has 1 N–H and O–H groups in total. The van der Waals surface area contributed by atoms with Crippen molar-refractivity contribution in [3.8, 4) is 0 Å². The molecule has 2 saturated heterocycles. The number of rotatable bonds is 12. The number of carbonyl (C=O) groups excluding carboxylic acids is 2. The minimum absolute atomic E-state index is 0.0371. The molecule has 0 bridgehead atoms. The number of aliphatic hydroxyl groups is 1. The van der Waals surface area contributed by atoms with Crippen LogP contribution >= 0.6 is 0 Å². The summed E-state index contributed by atoms with van der Waals surface area (Å²) in [6, 6.07) is 10.5. The molecular formula is C29H44N4O4Si. The molecule has 1 aromatic heterocycles. The van der Waals surface area contributed by atoms with Gasteiger partial charge in [0.1, 0.15) is 24.7 Å². The third-order valence-corrected chi connectivity index (χ3v) is 9.45. The summed E-state index contributed by atoms with van der Waals surface area (Å²) in [5.74, 6) is 0.548. The van der Waals surface area contributed by atoms with Crippen molar-refractivity contribution in [1.29, 1.82) is 0 Å². The first kappa shape index (κ1) is 28.5. The van der Waals surface area contributed by atoms with Crippen LogP contribution < -0.4 is 0 Å². The zero-order chi connectivity index (χ0) is 27.1. The van der Waals surface area contributed by atoms with Crippen molar-refractivity contribution in [2.75, 3.05) is 19.7 Å². The summed E-state index contributed by atoms with van der Waals surface area (Å²) < 4.78 is 7.73. The lowest BCUT2D eigenvalue weighted by Crippen LogP contribution is -2.50. The van der Waals surface area contributed by atoms with Crippen LogP contribution in [0.1, 0.15) is 56.0 Å². The highest BCUT2D eigenvalue weighted by Crippen LogP contribution is 2.32. The minimum Gasteiger partial charge on any atom is -0.383 e. The van der Waals surface area contributed by atoms with Crippen LogP contribution in [0.5, 0.6) is 0 Å². The third-order valence-electron chi connectivity index (χ3n) is 7.74. The second-order valence-corrected chi connectivity index (χ2v) is 17.5. The number of benzene rings is 1. The second kappa shape index (κ2) is 13.0. The van der Waals surface area contributed by atoms with Crippen LogP contribution in [-0.2, 0) is 27.5 Å². The van der Waals surface area contributed by atoms with E-state index in [0.717, 1.165) is 31.7 Å². The number of hydrogen-bond acceptors (Lipinski definition) is 5. The van der Waals surface area contributed by atoms with Crippen molar-refractivity contribution in [3.05, 3.63) is 54.1 Å². The number of imidazole rings is 1. The van der Waals surface area contributed by atoms with Gasteiger partial charge in [-0.2, -0.15) is 0 Å². The first-order chi connectivity index (χ1) is 18.2. The molecule has 2 aliphatic heterocycles. The maximum absolute atomic E-state index is 13.7. The number of aromatic nitrogens is 2. The summed E-state index contributed by atoms with van der Waals surface area (Å²) in [5.41, 5.74) is 1.23. The molecular weight excluding hydrogens is 496 g/mol. The van der Waals surface area contributed by atoms with Gasteiger partial charge in [-0.05, 0) is 50.1 Å². The molecule has 208 valence electrons. The maximum Gasteiger partial charge on any atom is 0.245 e. The van der Waals surface area contributed by atoms with Crippen LogP contribution in [0.3, 0.4) is 0 Å². The molecule has 0 spiro atoms. The zero-order valence-electron chi connectivity index (χ0n) is 23.2. The average Bonchev–Trinajstić information content (AvgIpc) is 3.66. The van der Waals surface area contributed by atoms with Crippen molar-refractivity contribution >= 4 is 19.9 Å². The normalized spacial score (nSPS) is 20.7. The van der Waals surface area contributed by atoms with E-state index in [-0.39, 0.29) is 17.9 Å². The van der Waals surface area contributed by atoms with Gasteiger partial charge in [0.2, 0.25) is 11.8 Å². The van der Waals surface area contributed by atoms with E-state index in [1.807, 2.05) is 29.0 Å². The third kappa shape index (κ3) is 7.33. The molecule has 3 heterocycles. The second-order valence-electron chi connectivity index (χ2n) is 11.9. The van der Waals surface area contributed by atoms with Crippen LogP contribution in [0.2, 0.25) is 25.7 Å². The van der Waals surface area contributed by atoms with Gasteiger partial charge < -0.3 is 24.2 Å². The monoisotopic (exact) mass is 540 g/mol. The van der Waals surface area contributed by atoms with Crippen LogP contribution in [0.25, 0.3) is 0 Å². The number of aryl methyl sites for hydroxylation is 1. The van der Waals surface area contributed by atoms with E-state index >= 15 is 0 Å². The fourth-order valence-corrected chi connectivity index (χ4v) is 6.31. The van der Waals surface area contributed by atoms with Crippen molar-refractivity contribution in [3.63, 3.8) is 0 Å². The molecule has 0 aliphatic carbocycles. The van der Waals surface area contributed by atoms with E-state index in [0.29, 0.717) is 51.5 Å². The Morgan fingerprint density at radius 1 is 1.11 bits per heavy atom. The summed E-state index contributed by atoms with van der Waals surface area (Å²) in [5, 5.41) is 11.3. The standard InChI is InChI=1S/C29H44N4O4Si/c1-38(2,3)21-20-37-22-31-19-16-30-28(31)27(35)24-13-8-18-33(24)29(36)25-14-9-17-32(25)26(34)15-7-12-23-10-5-4-6-11-23/h4-6,10-11,16,19,24-25,27,35H,7-9,12-15,17-18,20-22H2,1-3H3/t24-,25-,27?/m0/s1. The largest absolute Gasteiger partial charge is 0.383 e. The Balaban J connectivity index is 1.34. The maximum atomic E-state index is 13.7. The number of nitrogens with zero attached hydrogens (tertiary/aromatic N) is 4. The topological polar surface area (TPSA) is 87.9 Å². The van der Waals surface area contributed by atoms with Gasteiger partial charge in [-0.3, -0.25) is 9.59 Å². The highest BCUT2D eigenvalue weighted by molar-refractivity contribution is 6.76. The number of hydrogen-bond donors (Lipinski definition) is 1. The number of likely N-dealkylation sites (tertiary alicyclic amines) is 2. The highest BCUT2D eigenvalue weighted by Gasteiger charge is 2.42. The van der Waals surface area contributed by atoms with Crippen molar-refractivity contribution in [2.24, 2.45) is 0 Å². The fraction of sp³-hybridized carbons (Fsp3) is 0.621. The van der Waals surface area contributed by atoms with E-state index in [4.69, 9.17) is 4.74 Å². The number of amides is 2. The molecule has 8 nitrogen and oxygen atoms in total. The molecule has 1 unspecified atom stereocenters. The summed E-state index contributed by atoms with van der Waals surface area (Å²) in [7, 11) is -1.18. The average molecular weight is 541 g/mol. The van der Waals surface area contributed by atoms with Crippen LogP contribution in [0, 0.1) is 0 Å². The SMILES string of the molecule is C[Si](C)(C)CCOCn1ccnc1C(O)[C@@H]1CCCN1C(=O)[C@@H]1CCCN1C(=O)CCCc1ccccc1. The molecule has 38 heavy (non-hydrogen) atoms. The van der Waals surface area contributed by atoms with Crippen molar-refractivity contribution in [2.45, 2.75) is 95.5 Å². The van der Waals surface area contributed by atoms with Crippen LogP contribution in [0.15, 0.2) is 42.7 Å². The molecule has 2 aliphatic rings. The van der Waals surface area contributed by atoms with Gasteiger partial charge >= 0.3 is 0 Å². The Hall–Kier alpha value is -2.49. The van der Waals surface area contributed by atoms with Gasteiger partial charge in [0.25, 0.3) is 0 Å². The smallest absolute Gasteiger partial charge is 0.245 e. The highest BCUT2D eigenvalue weighted by atomic mass is 28.3. The minimum atomic E-state index is -1.18. The van der Waals surface area contributed by atoms with Gasteiger partial charge in [0.15, 0.2) is 0 Å². The Morgan fingerprint density at radius 3 is 2.61 bits per heavy atom. The molecule has 0 radical (unpaired) electrons. The summed E-state index contributed by atoms with van der Waals surface area (Å²) >= 11 is 0. The first-order valence-corrected chi connectivity index (χ1v) is 17.9. The molecule has 4 rings (SSSR count). The van der Waals surface area contributed by atoms with Crippen LogP contribution in [0.4, 0.5) is 0 Å². The van der Waals surface area contributed by atoms with Gasteiger partial charge in [-0.15, -0.1) is 0 Å². The van der Waals surface area contributed by atoms with Crippen LogP contribution in [-0.4, -0.2) is 76.1 Å². The number of ether oxygens (including phenoxy) is 1. The Bertz CT molecular complexity index is 1050. The Labute approximate surface area is 228 Å². The van der Waals surface area contributed by atoms with E-state index in [2.05, 4.69) is 36.8 Å². The molecule has 2 fully saturated rings. The van der Waals surface area contributed by atoms with E-state index < -0.39 is 20.2 Å². The number of carbonyl (C=O) groups is 2. The number of aliphatic hydroxyl groups excluding tert-OH is 1. The fourth-order valence-electron chi connectivity index (χ4n) is 5.55. The lowest BCUT2D eigenvalue weighted by molar-refractivity contribution is -0.146. The molecule has 2 aromatic rings. The summed E-state index contributed by atoms with van der Waals surface area (Å²) in [4.78, 5) is 34.8. The Morgan fingerprint density at radius 2 is 1.84 bits per heavy atom. The van der Waals surface area contributed by atoms with Gasteiger partial charge in [-0.1, -0.05) is 50.0 Å².